The van der Waals surface area contributed by atoms with E-state index in [1.54, 1.807) is 36.4 Å². The van der Waals surface area contributed by atoms with Crippen LogP contribution >= 0.6 is 11.3 Å². The van der Waals surface area contributed by atoms with E-state index in [1.807, 2.05) is 19.1 Å². The molecule has 136 valence electrons. The molecule has 0 unspecified atom stereocenters. The highest BCUT2D eigenvalue weighted by atomic mass is 32.2. The highest BCUT2D eigenvalue weighted by Gasteiger charge is 2.16. The molecule has 4 nitrogen and oxygen atoms in total. The van der Waals surface area contributed by atoms with Crippen LogP contribution in [-0.2, 0) is 16.4 Å². The molecule has 0 aliphatic carbocycles. The largest absolute Gasteiger partial charge is 0.385 e. The zero-order valence-electron chi connectivity index (χ0n) is 14.2. The van der Waals surface area contributed by atoms with Crippen LogP contribution < -0.4 is 10.0 Å². The Morgan fingerprint density at radius 2 is 1.58 bits per heavy atom. The summed E-state index contributed by atoms with van der Waals surface area (Å²) in [7, 11) is -3.54. The first-order valence-corrected chi connectivity index (χ1v) is 10.4. The summed E-state index contributed by atoms with van der Waals surface area (Å²) in [5, 5.41) is 3.26. The Kier molecular flexibility index (Phi) is 5.58. The molecule has 0 aliphatic rings. The lowest BCUT2D eigenvalue weighted by atomic mass is 10.1. The van der Waals surface area contributed by atoms with Crippen LogP contribution in [-0.4, -0.2) is 15.0 Å². The summed E-state index contributed by atoms with van der Waals surface area (Å²) in [6, 6.07) is 16.9. The predicted octanol–water partition coefficient (Wildman–Crippen LogP) is 4.65. The minimum absolute atomic E-state index is 0.238. The Balaban J connectivity index is 1.55. The van der Waals surface area contributed by atoms with Crippen molar-refractivity contribution in [2.45, 2.75) is 17.6 Å². The summed E-state index contributed by atoms with van der Waals surface area (Å²) in [6.07, 6.45) is 0.770. The molecule has 1 aromatic heterocycles. The third kappa shape index (κ3) is 4.83. The normalized spacial score (nSPS) is 11.3. The summed E-state index contributed by atoms with van der Waals surface area (Å²) < 4.78 is 40.4. The lowest BCUT2D eigenvalue weighted by Gasteiger charge is -2.09. The van der Waals surface area contributed by atoms with Crippen LogP contribution in [0.4, 0.5) is 15.8 Å². The first-order valence-electron chi connectivity index (χ1n) is 8.10. The number of sulfonamides is 1. The van der Waals surface area contributed by atoms with Gasteiger partial charge in [0, 0.05) is 22.8 Å². The van der Waals surface area contributed by atoms with Crippen molar-refractivity contribution < 1.29 is 12.8 Å². The first kappa shape index (κ1) is 18.4. The molecule has 0 atom stereocenters. The lowest BCUT2D eigenvalue weighted by Crippen LogP contribution is -2.11. The first-order chi connectivity index (χ1) is 12.4. The molecule has 3 rings (SSSR count). The van der Waals surface area contributed by atoms with Gasteiger partial charge in [0.25, 0.3) is 10.0 Å². The SMILES string of the molecule is Cc1ccc(S(=O)(=O)Nc2ccc(NCCc3ccc(F)cc3)cc2)s1. The van der Waals surface area contributed by atoms with Crippen LogP contribution in [0.2, 0.25) is 0 Å². The summed E-state index contributed by atoms with van der Waals surface area (Å²) >= 11 is 1.24. The van der Waals surface area contributed by atoms with Gasteiger partial charge >= 0.3 is 0 Å². The summed E-state index contributed by atoms with van der Waals surface area (Å²) in [6.45, 7) is 2.57. The Hall–Kier alpha value is -2.38. The fraction of sp³-hybridized carbons (Fsp3) is 0.158. The predicted molar refractivity (Wildman–Crippen MR) is 105 cm³/mol. The quantitative estimate of drug-likeness (QED) is 0.617. The molecule has 0 radical (unpaired) electrons. The second kappa shape index (κ2) is 7.88. The van der Waals surface area contributed by atoms with Crippen LogP contribution in [0.3, 0.4) is 0 Å². The van der Waals surface area contributed by atoms with E-state index < -0.39 is 10.0 Å². The number of nitrogens with one attached hydrogen (secondary N) is 2. The lowest BCUT2D eigenvalue weighted by molar-refractivity contribution is 0.603. The van der Waals surface area contributed by atoms with Crippen molar-refractivity contribution >= 4 is 32.7 Å². The molecule has 0 fully saturated rings. The van der Waals surface area contributed by atoms with Crippen LogP contribution in [0, 0.1) is 12.7 Å². The Morgan fingerprint density at radius 1 is 0.923 bits per heavy atom. The van der Waals surface area contributed by atoms with E-state index in [0.717, 1.165) is 22.5 Å². The molecule has 0 aliphatic heterocycles. The number of thiophene rings is 1. The zero-order chi connectivity index (χ0) is 18.6. The van der Waals surface area contributed by atoms with E-state index in [9.17, 15) is 12.8 Å². The maximum atomic E-state index is 12.9. The highest BCUT2D eigenvalue weighted by Crippen LogP contribution is 2.24. The van der Waals surface area contributed by atoms with Crippen molar-refractivity contribution in [1.29, 1.82) is 0 Å². The third-order valence-electron chi connectivity index (χ3n) is 3.77. The molecule has 26 heavy (non-hydrogen) atoms. The minimum atomic E-state index is -3.54. The monoisotopic (exact) mass is 390 g/mol. The minimum Gasteiger partial charge on any atom is -0.385 e. The molecule has 0 saturated carbocycles. The number of anilines is 2. The second-order valence-electron chi connectivity index (χ2n) is 5.85. The van der Waals surface area contributed by atoms with Gasteiger partial charge in [0.2, 0.25) is 0 Å². The molecule has 7 heteroatoms. The van der Waals surface area contributed by atoms with Gasteiger partial charge in [0.1, 0.15) is 10.0 Å². The molecule has 2 N–H and O–H groups in total. The summed E-state index contributed by atoms with van der Waals surface area (Å²) in [4.78, 5) is 0.950. The molecule has 0 amide bonds. The van der Waals surface area contributed by atoms with Gasteiger partial charge in [-0.1, -0.05) is 12.1 Å². The van der Waals surface area contributed by atoms with Crippen LogP contribution in [0.25, 0.3) is 0 Å². The smallest absolute Gasteiger partial charge is 0.271 e. The van der Waals surface area contributed by atoms with Gasteiger partial charge < -0.3 is 5.32 Å². The van der Waals surface area contributed by atoms with E-state index in [0.29, 0.717) is 16.4 Å². The van der Waals surface area contributed by atoms with E-state index in [2.05, 4.69) is 10.0 Å². The summed E-state index contributed by atoms with van der Waals surface area (Å²) in [5.74, 6) is -0.238. The van der Waals surface area contributed by atoms with Crippen molar-refractivity contribution in [2.75, 3.05) is 16.6 Å². The van der Waals surface area contributed by atoms with Crippen molar-refractivity contribution in [3.05, 3.63) is 76.9 Å². The fourth-order valence-corrected chi connectivity index (χ4v) is 4.76. The molecule has 2 aromatic carbocycles. The third-order valence-corrected chi connectivity index (χ3v) is 6.65. The van der Waals surface area contributed by atoms with Crippen molar-refractivity contribution in [3.63, 3.8) is 0 Å². The van der Waals surface area contributed by atoms with Crippen LogP contribution in [0.15, 0.2) is 64.9 Å². The average Bonchev–Trinajstić information content (AvgIpc) is 3.05. The van der Waals surface area contributed by atoms with E-state index in [1.165, 1.54) is 23.5 Å². The molecule has 1 heterocycles. The summed E-state index contributed by atoms with van der Waals surface area (Å²) in [5.41, 5.74) is 2.46. The molecule has 3 aromatic rings. The van der Waals surface area contributed by atoms with Crippen molar-refractivity contribution in [2.24, 2.45) is 0 Å². The number of rotatable bonds is 7. The molecule has 0 spiro atoms. The number of benzene rings is 2. The van der Waals surface area contributed by atoms with Gasteiger partial charge in [-0.25, -0.2) is 12.8 Å². The average molecular weight is 391 g/mol. The second-order valence-corrected chi connectivity index (χ2v) is 9.05. The van der Waals surface area contributed by atoms with E-state index in [-0.39, 0.29) is 5.82 Å². The van der Waals surface area contributed by atoms with Crippen LogP contribution in [0.1, 0.15) is 10.4 Å². The number of halogens is 1. The van der Waals surface area contributed by atoms with E-state index >= 15 is 0 Å². The van der Waals surface area contributed by atoms with Crippen LogP contribution in [0.5, 0.6) is 0 Å². The molecular formula is C19H19FN2O2S2. The number of hydrogen-bond acceptors (Lipinski definition) is 4. The highest BCUT2D eigenvalue weighted by molar-refractivity contribution is 7.94. The Labute approximate surface area is 156 Å². The maximum Gasteiger partial charge on any atom is 0.271 e. The maximum absolute atomic E-state index is 12.9. The van der Waals surface area contributed by atoms with Crippen molar-refractivity contribution in [3.8, 4) is 0 Å². The van der Waals surface area contributed by atoms with Crippen molar-refractivity contribution in [1.82, 2.24) is 0 Å². The van der Waals surface area contributed by atoms with Gasteiger partial charge in [0.15, 0.2) is 0 Å². The zero-order valence-corrected chi connectivity index (χ0v) is 15.8. The Bertz CT molecular complexity index is 966. The topological polar surface area (TPSA) is 58.2 Å². The number of aryl methyl sites for hydroxylation is 1. The number of hydrogen-bond donors (Lipinski definition) is 2. The standard InChI is InChI=1S/C19H19FN2O2S2/c1-14-2-11-19(25-14)26(23,24)22-18-9-7-17(8-10-18)21-13-12-15-3-5-16(20)6-4-15/h2-11,21-22H,12-13H2,1H3. The molecule has 0 bridgehead atoms. The fourth-order valence-electron chi connectivity index (χ4n) is 2.42. The van der Waals surface area contributed by atoms with Gasteiger partial charge in [-0.2, -0.15) is 0 Å². The van der Waals surface area contributed by atoms with Gasteiger partial charge in [0.05, 0.1) is 0 Å². The van der Waals surface area contributed by atoms with Gasteiger partial charge in [-0.3, -0.25) is 4.72 Å². The molecular weight excluding hydrogens is 371 g/mol. The van der Waals surface area contributed by atoms with Gasteiger partial charge in [-0.15, -0.1) is 11.3 Å². The molecule has 0 saturated heterocycles. The van der Waals surface area contributed by atoms with E-state index in [4.69, 9.17) is 0 Å². The Morgan fingerprint density at radius 3 is 2.19 bits per heavy atom. The van der Waals surface area contributed by atoms with Gasteiger partial charge in [-0.05, 0) is 67.4 Å².